The summed E-state index contributed by atoms with van der Waals surface area (Å²) >= 11 is 2.63. The Morgan fingerprint density at radius 1 is 1.21 bits per heavy atom. The molecule has 7 nitrogen and oxygen atoms in total. The Bertz CT molecular complexity index is 880. The fourth-order valence-electron chi connectivity index (χ4n) is 2.52. The van der Waals surface area contributed by atoms with Gasteiger partial charge in [-0.2, -0.15) is 0 Å². The van der Waals surface area contributed by atoms with E-state index in [1.807, 2.05) is 30.5 Å². The second-order valence-electron chi connectivity index (χ2n) is 5.66. The normalized spacial score (nSPS) is 10.3. The molecule has 0 aliphatic heterocycles. The van der Waals surface area contributed by atoms with Gasteiger partial charge in [0.25, 0.3) is 5.91 Å². The highest BCUT2D eigenvalue weighted by Gasteiger charge is 2.26. The molecule has 150 valence electrons. The quantitative estimate of drug-likeness (QED) is 0.447. The van der Waals surface area contributed by atoms with Gasteiger partial charge in [0.1, 0.15) is 5.00 Å². The van der Waals surface area contributed by atoms with Crippen molar-refractivity contribution in [1.29, 1.82) is 0 Å². The summed E-state index contributed by atoms with van der Waals surface area (Å²) in [5.74, 6) is -1.21. The van der Waals surface area contributed by atoms with E-state index in [1.165, 1.54) is 7.05 Å². The van der Waals surface area contributed by atoms with Crippen LogP contribution in [0, 0.1) is 6.92 Å². The molecule has 0 spiro atoms. The number of anilines is 2. The average Bonchev–Trinajstić information content (AvgIpc) is 3.01. The van der Waals surface area contributed by atoms with Crippen LogP contribution in [0.2, 0.25) is 0 Å². The van der Waals surface area contributed by atoms with Crippen molar-refractivity contribution in [2.45, 2.75) is 18.7 Å². The first-order chi connectivity index (χ1) is 13.4. The topological polar surface area (TPSA) is 96.5 Å². The van der Waals surface area contributed by atoms with Crippen LogP contribution in [0.1, 0.15) is 32.5 Å². The van der Waals surface area contributed by atoms with Gasteiger partial charge in [0.2, 0.25) is 5.91 Å². The Labute approximate surface area is 172 Å². The zero-order chi connectivity index (χ0) is 20.7. The molecule has 0 fully saturated rings. The Morgan fingerprint density at radius 2 is 1.93 bits per heavy atom. The van der Waals surface area contributed by atoms with Crippen LogP contribution < -0.4 is 16.0 Å². The van der Waals surface area contributed by atoms with Crippen molar-refractivity contribution in [2.75, 3.05) is 37.1 Å². The summed E-state index contributed by atoms with van der Waals surface area (Å²) in [6.45, 7) is 3.58. The maximum atomic E-state index is 12.5. The smallest absolute Gasteiger partial charge is 0.341 e. The van der Waals surface area contributed by atoms with Crippen molar-refractivity contribution < 1.29 is 19.1 Å². The van der Waals surface area contributed by atoms with Crippen LogP contribution in [0.5, 0.6) is 0 Å². The highest BCUT2D eigenvalue weighted by Crippen LogP contribution is 2.34. The summed E-state index contributed by atoms with van der Waals surface area (Å²) in [5.41, 5.74) is 1.55. The van der Waals surface area contributed by atoms with E-state index in [1.54, 1.807) is 25.6 Å². The third kappa shape index (κ3) is 5.05. The molecule has 3 N–H and O–H groups in total. The van der Waals surface area contributed by atoms with E-state index >= 15 is 0 Å². The Kier molecular flexibility index (Phi) is 7.89. The van der Waals surface area contributed by atoms with Gasteiger partial charge in [0, 0.05) is 17.6 Å². The standard InChI is InChI=1S/C19H23N3O4S2/c1-5-26-19(25)15-11(2)16(17(24)20-3)28-18(15)22-14(23)10-21-12-8-6-7-9-13(12)27-4/h6-9,21H,5,10H2,1-4H3,(H,20,24)(H,22,23). The first-order valence-corrected chi connectivity index (χ1v) is 10.7. The molecule has 1 aromatic carbocycles. The number of nitrogens with one attached hydrogen (secondary N) is 3. The number of carbonyl (C=O) groups is 3. The number of carbonyl (C=O) groups excluding carboxylic acids is 3. The van der Waals surface area contributed by atoms with Gasteiger partial charge in [-0.25, -0.2) is 4.79 Å². The van der Waals surface area contributed by atoms with Gasteiger partial charge in [-0.3, -0.25) is 9.59 Å². The van der Waals surface area contributed by atoms with Crippen LogP contribution in [-0.4, -0.2) is 44.2 Å². The number of para-hydroxylation sites is 1. The van der Waals surface area contributed by atoms with E-state index in [0.29, 0.717) is 15.4 Å². The molecular weight excluding hydrogens is 398 g/mol. The fourth-order valence-corrected chi connectivity index (χ4v) is 4.25. The number of hydrogen-bond acceptors (Lipinski definition) is 7. The van der Waals surface area contributed by atoms with E-state index in [-0.39, 0.29) is 30.5 Å². The van der Waals surface area contributed by atoms with Crippen LogP contribution in [0.15, 0.2) is 29.2 Å². The Hall–Kier alpha value is -2.52. The summed E-state index contributed by atoms with van der Waals surface area (Å²) in [7, 11) is 1.51. The number of rotatable bonds is 8. The van der Waals surface area contributed by atoms with E-state index in [0.717, 1.165) is 21.9 Å². The maximum Gasteiger partial charge on any atom is 0.341 e. The molecule has 0 saturated carbocycles. The predicted octanol–water partition coefficient (Wildman–Crippen LogP) is 3.37. The molecular formula is C19H23N3O4S2. The van der Waals surface area contributed by atoms with Crippen LogP contribution in [0.25, 0.3) is 0 Å². The lowest BCUT2D eigenvalue weighted by atomic mass is 10.1. The zero-order valence-corrected chi connectivity index (χ0v) is 17.8. The van der Waals surface area contributed by atoms with Gasteiger partial charge in [-0.1, -0.05) is 12.1 Å². The lowest BCUT2D eigenvalue weighted by Gasteiger charge is -2.11. The summed E-state index contributed by atoms with van der Waals surface area (Å²) in [6.07, 6.45) is 1.96. The number of thiophene rings is 1. The summed E-state index contributed by atoms with van der Waals surface area (Å²) in [5, 5.41) is 8.66. The zero-order valence-electron chi connectivity index (χ0n) is 16.2. The van der Waals surface area contributed by atoms with Gasteiger partial charge >= 0.3 is 5.97 Å². The SMILES string of the molecule is CCOC(=O)c1c(NC(=O)CNc2ccccc2SC)sc(C(=O)NC)c1C. The molecule has 2 amide bonds. The Morgan fingerprint density at radius 3 is 2.57 bits per heavy atom. The van der Waals surface area contributed by atoms with Gasteiger partial charge in [0.05, 0.1) is 23.6 Å². The van der Waals surface area contributed by atoms with E-state index in [4.69, 9.17) is 4.74 Å². The van der Waals surface area contributed by atoms with Gasteiger partial charge in [0.15, 0.2) is 0 Å². The molecule has 0 unspecified atom stereocenters. The second kappa shape index (κ2) is 10.1. The molecule has 28 heavy (non-hydrogen) atoms. The Balaban J connectivity index is 2.20. The summed E-state index contributed by atoms with van der Waals surface area (Å²) in [4.78, 5) is 38.2. The molecule has 2 aromatic rings. The molecule has 1 aromatic heterocycles. The van der Waals surface area contributed by atoms with E-state index in [2.05, 4.69) is 16.0 Å². The van der Waals surface area contributed by atoms with Crippen molar-refractivity contribution in [3.8, 4) is 0 Å². The number of hydrogen-bond donors (Lipinski definition) is 3. The molecule has 0 aliphatic rings. The number of esters is 1. The fraction of sp³-hybridized carbons (Fsp3) is 0.316. The molecule has 9 heteroatoms. The van der Waals surface area contributed by atoms with Crippen LogP contribution in [0.4, 0.5) is 10.7 Å². The van der Waals surface area contributed by atoms with Crippen LogP contribution >= 0.6 is 23.1 Å². The average molecular weight is 422 g/mol. The van der Waals surface area contributed by atoms with Gasteiger partial charge < -0.3 is 20.7 Å². The van der Waals surface area contributed by atoms with Crippen molar-refractivity contribution >= 4 is 51.6 Å². The number of amides is 2. The third-order valence-electron chi connectivity index (χ3n) is 3.86. The molecule has 0 aliphatic carbocycles. The maximum absolute atomic E-state index is 12.5. The number of benzene rings is 1. The van der Waals surface area contributed by atoms with Crippen LogP contribution in [-0.2, 0) is 9.53 Å². The van der Waals surface area contributed by atoms with Gasteiger partial charge in [-0.15, -0.1) is 23.1 Å². The lowest BCUT2D eigenvalue weighted by molar-refractivity contribution is -0.114. The van der Waals surface area contributed by atoms with Crippen LogP contribution in [0.3, 0.4) is 0 Å². The number of thioether (sulfide) groups is 1. The minimum absolute atomic E-state index is 0.0199. The largest absolute Gasteiger partial charge is 0.462 e. The molecule has 1 heterocycles. The summed E-state index contributed by atoms with van der Waals surface area (Å²) in [6, 6.07) is 7.67. The lowest BCUT2D eigenvalue weighted by Crippen LogP contribution is -2.22. The third-order valence-corrected chi connectivity index (χ3v) is 5.86. The highest BCUT2D eigenvalue weighted by atomic mass is 32.2. The minimum Gasteiger partial charge on any atom is -0.462 e. The predicted molar refractivity (Wildman–Crippen MR) is 114 cm³/mol. The van der Waals surface area contributed by atoms with Crippen molar-refractivity contribution in [2.24, 2.45) is 0 Å². The molecule has 0 saturated heterocycles. The first-order valence-electron chi connectivity index (χ1n) is 8.62. The molecule has 0 atom stereocenters. The van der Waals surface area contributed by atoms with Crippen molar-refractivity contribution in [1.82, 2.24) is 5.32 Å². The molecule has 0 radical (unpaired) electrons. The second-order valence-corrected chi connectivity index (χ2v) is 7.53. The molecule has 2 rings (SSSR count). The highest BCUT2D eigenvalue weighted by molar-refractivity contribution is 7.98. The number of ether oxygens (including phenoxy) is 1. The minimum atomic E-state index is -0.567. The summed E-state index contributed by atoms with van der Waals surface area (Å²) < 4.78 is 5.08. The monoisotopic (exact) mass is 421 g/mol. The van der Waals surface area contributed by atoms with Crippen molar-refractivity contribution in [3.05, 3.63) is 40.3 Å². The first kappa shape index (κ1) is 21.8. The van der Waals surface area contributed by atoms with E-state index < -0.39 is 5.97 Å². The van der Waals surface area contributed by atoms with Crippen molar-refractivity contribution in [3.63, 3.8) is 0 Å². The van der Waals surface area contributed by atoms with Gasteiger partial charge in [-0.05, 0) is 37.8 Å². The molecule has 0 bridgehead atoms. The van der Waals surface area contributed by atoms with E-state index in [9.17, 15) is 14.4 Å².